The highest BCUT2D eigenvalue weighted by atomic mass is 16.7. The van der Waals surface area contributed by atoms with E-state index in [0.717, 1.165) is 38.5 Å². The highest BCUT2D eigenvalue weighted by Gasteiger charge is 2.72. The summed E-state index contributed by atoms with van der Waals surface area (Å²) in [6, 6.07) is 0. The molecule has 0 amide bonds. The van der Waals surface area contributed by atoms with Crippen molar-refractivity contribution in [3.8, 4) is 0 Å². The summed E-state index contributed by atoms with van der Waals surface area (Å²) >= 11 is 0. The lowest BCUT2D eigenvalue weighted by atomic mass is 9.33. The standard InChI is InChI=1S/C35H54O9/c1-30(2)11-13-35(18-36)14-12-32(4)19(20(35)15-30)7-8-23-31(3)10-9-24(39)34(6,27(31)21(37)16-33(23,32)5)29(42)44-28-26(41)25(40)22(38)17-43-28/h7,20-23,25-28,36-38,40-41H,8-18H2,1-6H3. The first-order chi connectivity index (χ1) is 20.4. The maximum Gasteiger partial charge on any atom is 0.322 e. The van der Waals surface area contributed by atoms with Crippen LogP contribution in [0.5, 0.6) is 0 Å². The zero-order valence-corrected chi connectivity index (χ0v) is 27.3. The normalized spacial score (nSPS) is 53.3. The van der Waals surface area contributed by atoms with E-state index in [9.17, 15) is 35.1 Å². The molecule has 6 rings (SSSR count). The highest BCUT2D eigenvalue weighted by Crippen LogP contribution is 2.75. The average Bonchev–Trinajstić information content (AvgIpc) is 2.95. The Bertz CT molecular complexity index is 1230. The van der Waals surface area contributed by atoms with Gasteiger partial charge in [0.2, 0.25) is 6.29 Å². The topological polar surface area (TPSA) is 154 Å². The van der Waals surface area contributed by atoms with Crippen LogP contribution in [0.1, 0.15) is 99.3 Å². The fourth-order valence-electron chi connectivity index (χ4n) is 11.7. The van der Waals surface area contributed by atoms with Crippen molar-refractivity contribution >= 4 is 11.8 Å². The Balaban J connectivity index is 1.36. The van der Waals surface area contributed by atoms with E-state index in [-0.39, 0.29) is 53.0 Å². The largest absolute Gasteiger partial charge is 0.432 e. The van der Waals surface area contributed by atoms with E-state index in [1.54, 1.807) is 6.92 Å². The monoisotopic (exact) mass is 618 g/mol. The Hall–Kier alpha value is -1.36. The van der Waals surface area contributed by atoms with Gasteiger partial charge in [0.1, 0.15) is 29.5 Å². The molecule has 0 aromatic carbocycles. The van der Waals surface area contributed by atoms with Gasteiger partial charge in [0.15, 0.2) is 0 Å². The van der Waals surface area contributed by atoms with E-state index >= 15 is 0 Å². The molecule has 1 heterocycles. The molecule has 6 aliphatic rings. The average molecular weight is 619 g/mol. The van der Waals surface area contributed by atoms with Crippen LogP contribution in [0.3, 0.4) is 0 Å². The molecule has 0 radical (unpaired) electrons. The molecule has 1 aliphatic heterocycles. The van der Waals surface area contributed by atoms with Crippen molar-refractivity contribution in [2.24, 2.45) is 50.2 Å². The number of ketones is 1. The molecule has 5 fully saturated rings. The van der Waals surface area contributed by atoms with E-state index in [0.29, 0.717) is 18.8 Å². The van der Waals surface area contributed by atoms with Crippen LogP contribution in [-0.2, 0) is 19.1 Å². The lowest BCUT2D eigenvalue weighted by molar-refractivity contribution is -0.273. The Morgan fingerprint density at radius 3 is 2.30 bits per heavy atom. The number of aliphatic hydroxyl groups excluding tert-OH is 5. The molecule has 4 saturated carbocycles. The van der Waals surface area contributed by atoms with Crippen molar-refractivity contribution < 1.29 is 44.6 Å². The summed E-state index contributed by atoms with van der Waals surface area (Å²) in [6.07, 6.45) is 2.42. The van der Waals surface area contributed by atoms with Gasteiger partial charge in [-0.2, -0.15) is 0 Å². The van der Waals surface area contributed by atoms with Crippen LogP contribution in [0.15, 0.2) is 11.6 Å². The second kappa shape index (κ2) is 10.3. The lowest BCUT2D eigenvalue weighted by Gasteiger charge is -2.71. The Labute approximate surface area is 261 Å². The smallest absolute Gasteiger partial charge is 0.322 e. The van der Waals surface area contributed by atoms with E-state index in [1.165, 1.54) is 5.57 Å². The van der Waals surface area contributed by atoms with E-state index in [4.69, 9.17) is 9.47 Å². The molecule has 13 atom stereocenters. The van der Waals surface area contributed by atoms with Crippen molar-refractivity contribution in [3.05, 3.63) is 11.6 Å². The summed E-state index contributed by atoms with van der Waals surface area (Å²) in [5.74, 6) is -1.48. The molecular formula is C35H54O9. The first-order valence-corrected chi connectivity index (χ1v) is 16.8. The summed E-state index contributed by atoms with van der Waals surface area (Å²) in [5, 5.41) is 53.3. The summed E-state index contributed by atoms with van der Waals surface area (Å²) in [6.45, 7) is 12.9. The van der Waals surface area contributed by atoms with Gasteiger partial charge in [-0.05, 0) is 91.8 Å². The third-order valence-corrected chi connectivity index (χ3v) is 14.6. The number of allylic oxidation sites excluding steroid dienone is 2. The van der Waals surface area contributed by atoms with Crippen molar-refractivity contribution in [3.63, 3.8) is 0 Å². The second-order valence-corrected chi connectivity index (χ2v) is 17.2. The fourth-order valence-corrected chi connectivity index (χ4v) is 11.7. The van der Waals surface area contributed by atoms with Crippen LogP contribution in [0.4, 0.5) is 0 Å². The highest BCUT2D eigenvalue weighted by molar-refractivity contribution is 6.04. The van der Waals surface area contributed by atoms with Crippen LogP contribution in [0.25, 0.3) is 0 Å². The number of carbonyl (C=O) groups is 2. The molecule has 5 aliphatic carbocycles. The SMILES string of the molecule is CC1(C)CCC2(CO)CCC3(C)C(=CCC4C5(C)CCC(=O)C(C)(C(=O)OC6OCC(O)C(O)C6O)C5C(O)CC43C)C2C1. The third kappa shape index (κ3) is 4.25. The molecule has 1 saturated heterocycles. The molecule has 5 N–H and O–H groups in total. The molecule has 0 bridgehead atoms. The molecule has 0 aromatic heterocycles. The predicted molar refractivity (Wildman–Crippen MR) is 161 cm³/mol. The van der Waals surface area contributed by atoms with Gasteiger partial charge >= 0.3 is 5.97 Å². The van der Waals surface area contributed by atoms with Gasteiger partial charge in [-0.15, -0.1) is 0 Å². The number of hydrogen-bond acceptors (Lipinski definition) is 9. The minimum atomic E-state index is -1.67. The predicted octanol–water partition coefficient (Wildman–Crippen LogP) is 3.28. The number of rotatable bonds is 3. The van der Waals surface area contributed by atoms with Crippen LogP contribution in [0, 0.1) is 50.2 Å². The zero-order chi connectivity index (χ0) is 32.3. The minimum Gasteiger partial charge on any atom is -0.432 e. The van der Waals surface area contributed by atoms with Crippen LogP contribution < -0.4 is 0 Å². The minimum absolute atomic E-state index is 0.0985. The zero-order valence-electron chi connectivity index (χ0n) is 27.3. The molecule has 44 heavy (non-hydrogen) atoms. The maximum atomic E-state index is 14.0. The van der Waals surface area contributed by atoms with Crippen molar-refractivity contribution in [1.29, 1.82) is 0 Å². The molecular weight excluding hydrogens is 564 g/mol. The van der Waals surface area contributed by atoms with Crippen molar-refractivity contribution in [2.45, 2.75) is 130 Å². The molecule has 13 unspecified atom stereocenters. The van der Waals surface area contributed by atoms with E-state index < -0.39 is 53.4 Å². The number of esters is 1. The number of Topliss-reactive ketones (excluding diaryl/α,β-unsaturated/α-hetero) is 1. The molecule has 9 nitrogen and oxygen atoms in total. The summed E-state index contributed by atoms with van der Waals surface area (Å²) in [7, 11) is 0. The molecule has 0 aromatic rings. The van der Waals surface area contributed by atoms with Crippen molar-refractivity contribution in [2.75, 3.05) is 13.2 Å². The second-order valence-electron chi connectivity index (χ2n) is 17.2. The maximum absolute atomic E-state index is 14.0. The van der Waals surface area contributed by atoms with Crippen LogP contribution in [-0.4, -0.2) is 81.2 Å². The Morgan fingerprint density at radius 1 is 0.932 bits per heavy atom. The van der Waals surface area contributed by atoms with Crippen molar-refractivity contribution in [1.82, 2.24) is 0 Å². The van der Waals surface area contributed by atoms with Crippen LogP contribution >= 0.6 is 0 Å². The van der Waals surface area contributed by atoms with Gasteiger partial charge in [0.25, 0.3) is 0 Å². The summed E-state index contributed by atoms with van der Waals surface area (Å²) in [5.41, 5.74) is -1.18. The fraction of sp³-hybridized carbons (Fsp3) is 0.886. The lowest BCUT2D eigenvalue weighted by Crippen LogP contribution is -2.69. The number of fused-ring (bicyclic) bond motifs is 7. The molecule has 248 valence electrons. The van der Waals surface area contributed by atoms with Gasteiger partial charge in [-0.25, -0.2) is 0 Å². The molecule has 9 heteroatoms. The van der Waals surface area contributed by atoms with Gasteiger partial charge in [0.05, 0.1) is 12.7 Å². The summed E-state index contributed by atoms with van der Waals surface area (Å²) in [4.78, 5) is 27.7. The van der Waals surface area contributed by atoms with Gasteiger partial charge in [-0.1, -0.05) is 46.3 Å². The number of aliphatic hydroxyl groups is 5. The number of carbonyl (C=O) groups excluding carboxylic acids is 2. The molecule has 0 spiro atoms. The summed E-state index contributed by atoms with van der Waals surface area (Å²) < 4.78 is 10.9. The number of ether oxygens (including phenoxy) is 2. The van der Waals surface area contributed by atoms with E-state index in [1.807, 2.05) is 0 Å². The first-order valence-electron chi connectivity index (χ1n) is 16.8. The van der Waals surface area contributed by atoms with Gasteiger partial charge in [0, 0.05) is 24.4 Å². The van der Waals surface area contributed by atoms with Crippen LogP contribution in [0.2, 0.25) is 0 Å². The Kier molecular flexibility index (Phi) is 7.64. The number of hydrogen-bond donors (Lipinski definition) is 5. The first kappa shape index (κ1) is 32.6. The van der Waals surface area contributed by atoms with Gasteiger partial charge < -0.3 is 35.0 Å². The van der Waals surface area contributed by atoms with Gasteiger partial charge in [-0.3, -0.25) is 9.59 Å². The third-order valence-electron chi connectivity index (χ3n) is 14.6. The van der Waals surface area contributed by atoms with E-state index in [2.05, 4.69) is 40.7 Å². The Morgan fingerprint density at radius 2 is 1.61 bits per heavy atom. The quantitative estimate of drug-likeness (QED) is 0.182.